The first kappa shape index (κ1) is 38.4. The molecule has 0 saturated carbocycles. The second kappa shape index (κ2) is 18.5. The topological polar surface area (TPSA) is 71.1 Å². The Morgan fingerprint density at radius 1 is 0.729 bits per heavy atom. The molecule has 12 heteroatoms. The second-order valence-electron chi connectivity index (χ2n) is 11.4. The van der Waals surface area contributed by atoms with E-state index in [-0.39, 0.29) is 11.1 Å². The third-order valence-electron chi connectivity index (χ3n) is 7.30. The lowest BCUT2D eigenvalue weighted by molar-refractivity contribution is -0.297. The molecule has 1 unspecified atom stereocenters. The summed E-state index contributed by atoms with van der Waals surface area (Å²) in [6.45, 7) is 1.37. The van der Waals surface area contributed by atoms with Gasteiger partial charge in [0.1, 0.15) is 18.5 Å². The average Bonchev–Trinajstić information content (AvgIpc) is 3.04. The molecule has 0 aromatic heterocycles. The summed E-state index contributed by atoms with van der Waals surface area (Å²) in [5.74, 6) is -7.75. The first-order valence-corrected chi connectivity index (χ1v) is 15.9. The first-order chi connectivity index (χ1) is 22.8. The summed E-state index contributed by atoms with van der Waals surface area (Å²) in [4.78, 5) is 24.9. The van der Waals surface area contributed by atoms with E-state index < -0.39 is 54.9 Å². The third-order valence-corrected chi connectivity index (χ3v) is 7.30. The summed E-state index contributed by atoms with van der Waals surface area (Å²) in [7, 11) is 0. The number of esters is 2. The molecule has 3 rings (SSSR count). The van der Waals surface area contributed by atoms with Crippen molar-refractivity contribution in [3.63, 3.8) is 0 Å². The highest BCUT2D eigenvalue weighted by molar-refractivity contribution is 5.92. The summed E-state index contributed by atoms with van der Waals surface area (Å²) in [6.07, 6.45) is 2.82. The van der Waals surface area contributed by atoms with Crippen LogP contribution in [0.3, 0.4) is 0 Å². The number of unbranched alkanes of at least 4 members (excludes halogenated alkanes) is 7. The molecule has 262 valence electrons. The van der Waals surface area contributed by atoms with Crippen LogP contribution in [-0.2, 0) is 9.47 Å². The van der Waals surface area contributed by atoms with Crippen molar-refractivity contribution in [2.75, 3.05) is 19.8 Å². The molecule has 0 radical (unpaired) electrons. The van der Waals surface area contributed by atoms with Crippen LogP contribution >= 0.6 is 0 Å². The lowest BCUT2D eigenvalue weighted by Crippen LogP contribution is -2.41. The standard InChI is InChI=1S/C36H40F6O6/c1-3-4-5-6-7-8-9-10-21-46-30-18-15-27(16-19-30)26-11-13-28(14-12-26)33(43)48-32-20-17-29(22-31(32)37)34(44)47-25(2)23-45-24-35(38,39)36(40,41)42/h11-20,22,25H,3-10,21,23-24H2,1-2H3. The molecule has 0 aliphatic heterocycles. The van der Waals surface area contributed by atoms with Gasteiger partial charge in [-0.15, -0.1) is 0 Å². The van der Waals surface area contributed by atoms with Crippen molar-refractivity contribution in [2.45, 2.75) is 83.4 Å². The van der Waals surface area contributed by atoms with Gasteiger partial charge in [0, 0.05) is 0 Å². The highest BCUT2D eigenvalue weighted by Gasteiger charge is 2.57. The number of benzene rings is 3. The fourth-order valence-electron chi connectivity index (χ4n) is 4.56. The van der Waals surface area contributed by atoms with E-state index in [1.54, 1.807) is 12.1 Å². The molecular weight excluding hydrogens is 642 g/mol. The fourth-order valence-corrected chi connectivity index (χ4v) is 4.56. The molecule has 0 spiro atoms. The quantitative estimate of drug-likeness (QED) is 0.0543. The Labute approximate surface area is 276 Å². The summed E-state index contributed by atoms with van der Waals surface area (Å²) in [5.41, 5.74) is 1.58. The average molecular weight is 683 g/mol. The van der Waals surface area contributed by atoms with Crippen molar-refractivity contribution in [3.8, 4) is 22.6 Å². The first-order valence-electron chi connectivity index (χ1n) is 15.9. The van der Waals surface area contributed by atoms with Crippen LogP contribution in [-0.4, -0.2) is 50.0 Å². The molecule has 0 saturated heterocycles. The zero-order valence-electron chi connectivity index (χ0n) is 26.9. The van der Waals surface area contributed by atoms with Gasteiger partial charge in [0.2, 0.25) is 0 Å². The Kier molecular flexibility index (Phi) is 14.8. The van der Waals surface area contributed by atoms with E-state index in [9.17, 15) is 35.9 Å². The molecule has 48 heavy (non-hydrogen) atoms. The van der Waals surface area contributed by atoms with E-state index in [1.165, 1.54) is 57.6 Å². The van der Waals surface area contributed by atoms with E-state index in [2.05, 4.69) is 11.7 Å². The van der Waals surface area contributed by atoms with Crippen LogP contribution in [0.25, 0.3) is 11.1 Å². The van der Waals surface area contributed by atoms with Crippen LogP contribution in [0.2, 0.25) is 0 Å². The van der Waals surface area contributed by atoms with Gasteiger partial charge in [-0.25, -0.2) is 14.0 Å². The van der Waals surface area contributed by atoms with Crippen molar-refractivity contribution in [1.82, 2.24) is 0 Å². The Hall–Kier alpha value is -4.06. The van der Waals surface area contributed by atoms with Gasteiger partial charge in [-0.2, -0.15) is 22.0 Å². The molecule has 3 aromatic carbocycles. The van der Waals surface area contributed by atoms with Gasteiger partial charge < -0.3 is 18.9 Å². The Morgan fingerprint density at radius 3 is 1.88 bits per heavy atom. The van der Waals surface area contributed by atoms with Gasteiger partial charge in [-0.3, -0.25) is 0 Å². The number of ether oxygens (including phenoxy) is 4. The lowest BCUT2D eigenvalue weighted by atomic mass is 10.0. The molecule has 3 aromatic rings. The number of hydrogen-bond acceptors (Lipinski definition) is 6. The smallest absolute Gasteiger partial charge is 0.455 e. The minimum Gasteiger partial charge on any atom is -0.494 e. The summed E-state index contributed by atoms with van der Waals surface area (Å²) in [5, 5.41) is 0. The Bertz CT molecular complexity index is 1440. The number of alkyl halides is 5. The SMILES string of the molecule is CCCCCCCCCCOc1ccc(-c2ccc(C(=O)Oc3ccc(C(=O)OC(C)COCC(F)(F)C(F)(F)F)cc3F)cc2)cc1. The monoisotopic (exact) mass is 682 g/mol. The minimum absolute atomic E-state index is 0.150. The summed E-state index contributed by atoms with van der Waals surface area (Å²) >= 11 is 0. The molecular formula is C36H40F6O6. The fraction of sp³-hybridized carbons (Fsp3) is 0.444. The Balaban J connectivity index is 1.45. The lowest BCUT2D eigenvalue weighted by Gasteiger charge is -2.20. The van der Waals surface area contributed by atoms with Gasteiger partial charge in [0.05, 0.1) is 24.3 Å². The highest BCUT2D eigenvalue weighted by atomic mass is 19.4. The van der Waals surface area contributed by atoms with Crippen molar-refractivity contribution >= 4 is 11.9 Å². The molecule has 0 amide bonds. The van der Waals surface area contributed by atoms with Crippen molar-refractivity contribution < 1.29 is 54.9 Å². The largest absolute Gasteiger partial charge is 0.494 e. The number of halogens is 6. The molecule has 0 N–H and O–H groups in total. The predicted molar refractivity (Wildman–Crippen MR) is 168 cm³/mol. The van der Waals surface area contributed by atoms with Gasteiger partial charge >= 0.3 is 24.0 Å². The number of hydrogen-bond donors (Lipinski definition) is 0. The van der Waals surface area contributed by atoms with Crippen molar-refractivity contribution in [2.24, 2.45) is 0 Å². The van der Waals surface area contributed by atoms with Gasteiger partial charge in [-0.05, 0) is 66.9 Å². The zero-order chi connectivity index (χ0) is 35.2. The second-order valence-corrected chi connectivity index (χ2v) is 11.4. The molecule has 0 aliphatic rings. The van der Waals surface area contributed by atoms with E-state index in [4.69, 9.17) is 14.2 Å². The minimum atomic E-state index is -5.78. The maximum atomic E-state index is 14.7. The van der Waals surface area contributed by atoms with Gasteiger partial charge in [-0.1, -0.05) is 76.1 Å². The third kappa shape index (κ3) is 12.2. The molecule has 0 bridgehead atoms. The molecule has 0 aliphatic carbocycles. The van der Waals surface area contributed by atoms with E-state index in [0.717, 1.165) is 47.9 Å². The van der Waals surface area contributed by atoms with Crippen LogP contribution in [0.15, 0.2) is 66.7 Å². The number of carbonyl (C=O) groups is 2. The van der Waals surface area contributed by atoms with Crippen molar-refractivity contribution in [3.05, 3.63) is 83.7 Å². The van der Waals surface area contributed by atoms with Gasteiger partial charge in [0.25, 0.3) is 0 Å². The number of carbonyl (C=O) groups excluding carboxylic acids is 2. The number of rotatable bonds is 19. The van der Waals surface area contributed by atoms with Crippen LogP contribution in [0, 0.1) is 5.82 Å². The van der Waals surface area contributed by atoms with Gasteiger partial charge in [0.15, 0.2) is 11.6 Å². The van der Waals surface area contributed by atoms with E-state index in [1.807, 2.05) is 24.3 Å². The van der Waals surface area contributed by atoms with E-state index >= 15 is 0 Å². The van der Waals surface area contributed by atoms with Crippen LogP contribution in [0.4, 0.5) is 26.3 Å². The molecule has 0 fully saturated rings. The zero-order valence-corrected chi connectivity index (χ0v) is 26.9. The summed E-state index contributed by atoms with van der Waals surface area (Å²) in [6, 6.07) is 17.0. The Morgan fingerprint density at radius 2 is 1.29 bits per heavy atom. The van der Waals surface area contributed by atoms with Crippen molar-refractivity contribution in [1.29, 1.82) is 0 Å². The maximum Gasteiger partial charge on any atom is 0.455 e. The highest BCUT2D eigenvalue weighted by Crippen LogP contribution is 2.35. The summed E-state index contributed by atoms with van der Waals surface area (Å²) < 4.78 is 97.4. The maximum absolute atomic E-state index is 14.7. The van der Waals surface area contributed by atoms with E-state index in [0.29, 0.717) is 6.61 Å². The molecule has 1 atom stereocenters. The predicted octanol–water partition coefficient (Wildman–Crippen LogP) is 9.99. The molecule has 0 heterocycles. The normalized spacial score (nSPS) is 12.4. The van der Waals surface area contributed by atoms with Crippen LogP contribution in [0.5, 0.6) is 11.5 Å². The van der Waals surface area contributed by atoms with Crippen LogP contribution < -0.4 is 9.47 Å². The molecule has 6 nitrogen and oxygen atoms in total. The van der Waals surface area contributed by atoms with Crippen LogP contribution in [0.1, 0.15) is 85.9 Å².